The van der Waals surface area contributed by atoms with Crippen LogP contribution in [-0.4, -0.2) is 28.3 Å². The predicted molar refractivity (Wildman–Crippen MR) is 283 cm³/mol. The van der Waals surface area contributed by atoms with E-state index in [1.165, 1.54) is 76.3 Å². The smallest absolute Gasteiger partial charge is 0.165 e. The predicted octanol–water partition coefficient (Wildman–Crippen LogP) is 15.7. The van der Waals surface area contributed by atoms with Crippen LogP contribution in [0.2, 0.25) is 0 Å². The molecule has 10 aromatic rings. The van der Waals surface area contributed by atoms with Gasteiger partial charge in [-0.15, -0.1) is 0 Å². The number of benzene rings is 9. The van der Waals surface area contributed by atoms with E-state index in [2.05, 4.69) is 188 Å². The molecule has 4 aliphatic rings. The second kappa shape index (κ2) is 16.1. The normalized spacial score (nSPS) is 20.9. The first-order valence-corrected chi connectivity index (χ1v) is 27.0. The molecule has 0 atom stereocenters. The minimum Gasteiger partial charge on any atom is -0.319 e. The third kappa shape index (κ3) is 6.63. The van der Waals surface area contributed by atoms with E-state index in [1.807, 2.05) is 19.4 Å². The van der Waals surface area contributed by atoms with Gasteiger partial charge in [-0.25, -0.2) is 15.0 Å². The highest BCUT2D eigenvalue weighted by Gasteiger charge is 2.58. The van der Waals surface area contributed by atoms with Crippen LogP contribution in [0.1, 0.15) is 43.2 Å². The third-order valence-electron chi connectivity index (χ3n) is 16.1. The second-order valence-corrected chi connectivity index (χ2v) is 23.4. The fraction of sp³-hybridized carbons (Fsp3) is 0.190. The molecule has 0 radical (unpaired) electrons. The van der Waals surface area contributed by atoms with E-state index in [-0.39, 0.29) is 5.41 Å². The Balaban J connectivity index is 0.948. The standard InChI is InChI=1S/C63H52N3OP/c1-68(2,67)57-34-33-50(51-19-9-10-20-52(51)57)42-25-29-46(30-26-42)63(48-36-40-35-41(38-48)39-49(63)37-40)47-31-27-45(28-32-47)61-64-60(44-17-7-4-8-18-44)65-62(66-61)59-55-23-13-11-21-53(55)58(43-15-5-3-6-16-43)54-22-12-14-24-56(54)59/h3-34,40-41,48-49H,35-39H2,1-2H3. The van der Waals surface area contributed by atoms with Crippen molar-refractivity contribution in [1.82, 2.24) is 15.0 Å². The van der Waals surface area contributed by atoms with E-state index in [0.717, 1.165) is 55.4 Å². The molecule has 4 bridgehead atoms. The number of hydrogen-bond acceptors (Lipinski definition) is 4. The molecule has 14 rings (SSSR count). The van der Waals surface area contributed by atoms with Crippen molar-refractivity contribution >= 4 is 44.8 Å². The largest absolute Gasteiger partial charge is 0.319 e. The molecular formula is C63H52N3OP. The van der Waals surface area contributed by atoms with Gasteiger partial charge in [0.2, 0.25) is 0 Å². The van der Waals surface area contributed by atoms with Gasteiger partial charge < -0.3 is 4.57 Å². The maximum atomic E-state index is 13.4. The van der Waals surface area contributed by atoms with Gasteiger partial charge in [0, 0.05) is 27.4 Å². The molecule has 1 heterocycles. The Morgan fingerprint density at radius 2 is 0.794 bits per heavy atom. The van der Waals surface area contributed by atoms with Crippen LogP contribution < -0.4 is 5.30 Å². The molecule has 0 saturated heterocycles. The molecule has 4 fully saturated rings. The third-order valence-corrected chi connectivity index (χ3v) is 17.6. The van der Waals surface area contributed by atoms with Crippen LogP contribution in [0.5, 0.6) is 0 Å². The summed E-state index contributed by atoms with van der Waals surface area (Å²) in [7, 11) is -2.45. The van der Waals surface area contributed by atoms with Crippen LogP contribution in [-0.2, 0) is 9.98 Å². The van der Waals surface area contributed by atoms with Crippen molar-refractivity contribution in [1.29, 1.82) is 0 Å². The minimum absolute atomic E-state index is 0.0781. The zero-order valence-corrected chi connectivity index (χ0v) is 39.4. The van der Waals surface area contributed by atoms with E-state index in [0.29, 0.717) is 29.3 Å². The molecule has 4 aliphatic carbocycles. The van der Waals surface area contributed by atoms with Crippen LogP contribution in [0.3, 0.4) is 0 Å². The molecule has 4 saturated carbocycles. The average molecular weight is 898 g/mol. The zero-order chi connectivity index (χ0) is 45.6. The quantitative estimate of drug-likeness (QED) is 0.113. The monoisotopic (exact) mass is 897 g/mol. The fourth-order valence-electron chi connectivity index (χ4n) is 13.5. The lowest BCUT2D eigenvalue weighted by Crippen LogP contribution is -2.56. The number of aromatic nitrogens is 3. The van der Waals surface area contributed by atoms with Gasteiger partial charge >= 0.3 is 0 Å². The van der Waals surface area contributed by atoms with E-state index < -0.39 is 7.14 Å². The Hall–Kier alpha value is -7.00. The van der Waals surface area contributed by atoms with Crippen molar-refractivity contribution in [3.8, 4) is 56.4 Å². The lowest BCUT2D eigenvalue weighted by Gasteiger charge is -2.62. The van der Waals surface area contributed by atoms with Crippen molar-refractivity contribution in [3.63, 3.8) is 0 Å². The van der Waals surface area contributed by atoms with Crippen LogP contribution >= 0.6 is 7.14 Å². The Morgan fingerprint density at radius 3 is 1.31 bits per heavy atom. The summed E-state index contributed by atoms with van der Waals surface area (Å²) in [5.41, 5.74) is 10.5. The van der Waals surface area contributed by atoms with Crippen molar-refractivity contribution in [2.45, 2.75) is 37.5 Å². The van der Waals surface area contributed by atoms with Crippen molar-refractivity contribution in [2.24, 2.45) is 23.7 Å². The first kappa shape index (κ1) is 41.2. The molecule has 0 amide bonds. The summed E-state index contributed by atoms with van der Waals surface area (Å²) in [6.45, 7) is 3.75. The lowest BCUT2D eigenvalue weighted by molar-refractivity contribution is -0.0418. The molecule has 9 aromatic carbocycles. The van der Waals surface area contributed by atoms with Crippen LogP contribution in [0, 0.1) is 23.7 Å². The molecule has 0 N–H and O–H groups in total. The summed E-state index contributed by atoms with van der Waals surface area (Å²) in [6.07, 6.45) is 6.56. The van der Waals surface area contributed by atoms with Gasteiger partial charge in [0.15, 0.2) is 17.5 Å². The van der Waals surface area contributed by atoms with E-state index in [4.69, 9.17) is 15.0 Å². The van der Waals surface area contributed by atoms with Gasteiger partial charge in [-0.2, -0.15) is 0 Å². The SMILES string of the molecule is CP(C)(=O)c1ccc(-c2ccc(C3(c4ccc(-c5nc(-c6ccccc6)nc(-c6c7ccccc7c(-c7ccccc7)c7ccccc67)n5)cc4)C4CC5CC(C4)CC3C5)cc2)c2ccccc12. The number of fused-ring (bicyclic) bond motifs is 3. The van der Waals surface area contributed by atoms with E-state index >= 15 is 0 Å². The van der Waals surface area contributed by atoms with Gasteiger partial charge in [0.05, 0.1) is 0 Å². The summed E-state index contributed by atoms with van der Waals surface area (Å²) < 4.78 is 13.4. The molecule has 0 spiro atoms. The highest BCUT2D eigenvalue weighted by atomic mass is 31.2. The zero-order valence-electron chi connectivity index (χ0n) is 38.5. The molecule has 5 heteroatoms. The van der Waals surface area contributed by atoms with Gasteiger partial charge in [0.1, 0.15) is 7.14 Å². The molecular weight excluding hydrogens is 846 g/mol. The van der Waals surface area contributed by atoms with Crippen LogP contribution in [0.25, 0.3) is 88.7 Å². The average Bonchev–Trinajstić information content (AvgIpc) is 3.38. The first-order chi connectivity index (χ1) is 33.3. The fourth-order valence-corrected chi connectivity index (χ4v) is 14.7. The maximum Gasteiger partial charge on any atom is 0.165 e. The van der Waals surface area contributed by atoms with E-state index in [9.17, 15) is 4.57 Å². The summed E-state index contributed by atoms with van der Waals surface area (Å²) in [6, 6.07) is 70.2. The first-order valence-electron chi connectivity index (χ1n) is 24.4. The lowest BCUT2D eigenvalue weighted by atomic mass is 9.42. The van der Waals surface area contributed by atoms with Crippen LogP contribution in [0.4, 0.5) is 0 Å². The minimum atomic E-state index is -2.45. The molecule has 330 valence electrons. The van der Waals surface area contributed by atoms with E-state index in [1.54, 1.807) is 0 Å². The summed E-state index contributed by atoms with van der Waals surface area (Å²) >= 11 is 0. The Bertz CT molecular complexity index is 3530. The molecule has 4 nitrogen and oxygen atoms in total. The molecule has 0 aliphatic heterocycles. The van der Waals surface area contributed by atoms with Gasteiger partial charge in [-0.1, -0.05) is 194 Å². The van der Waals surface area contributed by atoms with Crippen molar-refractivity contribution < 1.29 is 4.57 Å². The van der Waals surface area contributed by atoms with Gasteiger partial charge in [0.25, 0.3) is 0 Å². The second-order valence-electron chi connectivity index (χ2n) is 20.2. The highest BCUT2D eigenvalue weighted by Crippen LogP contribution is 2.65. The van der Waals surface area contributed by atoms with Crippen LogP contribution in [0.15, 0.2) is 194 Å². The van der Waals surface area contributed by atoms with Gasteiger partial charge in [-0.3, -0.25) is 0 Å². The molecule has 68 heavy (non-hydrogen) atoms. The van der Waals surface area contributed by atoms with Crippen molar-refractivity contribution in [2.75, 3.05) is 13.3 Å². The topological polar surface area (TPSA) is 55.7 Å². The Kier molecular flexibility index (Phi) is 9.74. The molecule has 1 aromatic heterocycles. The molecule has 0 unspecified atom stereocenters. The number of hydrogen-bond donors (Lipinski definition) is 0. The number of rotatable bonds is 8. The summed E-state index contributed by atoms with van der Waals surface area (Å²) in [4.78, 5) is 16.0. The van der Waals surface area contributed by atoms with Gasteiger partial charge in [-0.05, 0) is 135 Å². The number of nitrogens with zero attached hydrogens (tertiary/aromatic N) is 3. The Labute approximate surface area is 398 Å². The summed E-state index contributed by atoms with van der Waals surface area (Å²) in [5.74, 6) is 4.84. The highest BCUT2D eigenvalue weighted by molar-refractivity contribution is 7.70. The van der Waals surface area contributed by atoms with Crippen molar-refractivity contribution in [3.05, 3.63) is 205 Å². The summed E-state index contributed by atoms with van der Waals surface area (Å²) in [5, 5.41) is 7.77. The Morgan fingerprint density at radius 1 is 0.382 bits per heavy atom. The maximum absolute atomic E-state index is 13.4.